The van der Waals surface area contributed by atoms with Crippen molar-refractivity contribution in [2.24, 2.45) is 0 Å². The summed E-state index contributed by atoms with van der Waals surface area (Å²) in [6, 6.07) is 2.86. The first-order valence-electron chi connectivity index (χ1n) is 5.49. The van der Waals surface area contributed by atoms with Gasteiger partial charge >= 0.3 is 5.97 Å². The minimum absolute atomic E-state index is 0.313. The fourth-order valence-electron chi connectivity index (χ4n) is 1.34. The van der Waals surface area contributed by atoms with E-state index < -0.39 is 6.04 Å². The molecule has 0 saturated carbocycles. The predicted octanol–water partition coefficient (Wildman–Crippen LogP) is 3.69. The van der Waals surface area contributed by atoms with Crippen LogP contribution in [-0.4, -0.2) is 18.6 Å². The zero-order valence-corrected chi connectivity index (χ0v) is 12.4. The van der Waals surface area contributed by atoms with E-state index in [2.05, 4.69) is 5.32 Å². The van der Waals surface area contributed by atoms with Crippen LogP contribution in [0.5, 0.6) is 0 Å². The van der Waals surface area contributed by atoms with Crippen LogP contribution in [0.3, 0.4) is 0 Å². The molecular formula is C12H14Cl3NO2. The van der Waals surface area contributed by atoms with E-state index in [0.717, 1.165) is 0 Å². The van der Waals surface area contributed by atoms with E-state index in [1.54, 1.807) is 26.0 Å². The van der Waals surface area contributed by atoms with Gasteiger partial charge < -0.3 is 10.1 Å². The Morgan fingerprint density at radius 2 is 1.94 bits per heavy atom. The lowest BCUT2D eigenvalue weighted by molar-refractivity contribution is -0.145. The summed E-state index contributed by atoms with van der Waals surface area (Å²) in [7, 11) is 0. The van der Waals surface area contributed by atoms with E-state index in [9.17, 15) is 4.79 Å². The van der Waals surface area contributed by atoms with Crippen molar-refractivity contribution in [3.8, 4) is 0 Å². The van der Waals surface area contributed by atoms with Crippen molar-refractivity contribution >= 4 is 40.8 Å². The molecular weight excluding hydrogens is 296 g/mol. The molecule has 1 atom stereocenters. The SMILES string of the molecule is CCOC(=O)C(C)NCc1c(Cl)ccc(Cl)c1Cl. The number of rotatable bonds is 5. The van der Waals surface area contributed by atoms with Crippen LogP contribution in [0.15, 0.2) is 12.1 Å². The van der Waals surface area contributed by atoms with E-state index in [1.807, 2.05) is 0 Å². The molecule has 3 nitrogen and oxygen atoms in total. The molecule has 100 valence electrons. The average Bonchev–Trinajstić information content (AvgIpc) is 2.34. The highest BCUT2D eigenvalue weighted by atomic mass is 35.5. The van der Waals surface area contributed by atoms with Crippen molar-refractivity contribution < 1.29 is 9.53 Å². The molecule has 0 aliphatic rings. The number of esters is 1. The highest BCUT2D eigenvalue weighted by Crippen LogP contribution is 2.31. The predicted molar refractivity (Wildman–Crippen MR) is 74.4 cm³/mol. The van der Waals surface area contributed by atoms with E-state index in [-0.39, 0.29) is 5.97 Å². The number of benzene rings is 1. The first kappa shape index (κ1) is 15.6. The van der Waals surface area contributed by atoms with Gasteiger partial charge in [0, 0.05) is 17.1 Å². The molecule has 1 N–H and O–H groups in total. The topological polar surface area (TPSA) is 38.3 Å². The van der Waals surface area contributed by atoms with E-state index in [1.165, 1.54) is 0 Å². The monoisotopic (exact) mass is 309 g/mol. The van der Waals surface area contributed by atoms with Crippen molar-refractivity contribution in [1.82, 2.24) is 5.32 Å². The molecule has 1 aromatic rings. The molecule has 0 aliphatic carbocycles. The summed E-state index contributed by atoms with van der Waals surface area (Å²) in [6.45, 7) is 4.17. The summed E-state index contributed by atoms with van der Waals surface area (Å²) in [5, 5.41) is 4.33. The van der Waals surface area contributed by atoms with Crippen LogP contribution < -0.4 is 5.32 Å². The second-order valence-corrected chi connectivity index (χ2v) is 4.87. The van der Waals surface area contributed by atoms with Crippen LogP contribution in [-0.2, 0) is 16.1 Å². The first-order valence-corrected chi connectivity index (χ1v) is 6.63. The fourth-order valence-corrected chi connectivity index (χ4v) is 2.02. The van der Waals surface area contributed by atoms with Gasteiger partial charge in [0.05, 0.1) is 16.7 Å². The average molecular weight is 311 g/mol. The zero-order valence-electron chi connectivity index (χ0n) is 10.1. The molecule has 1 aromatic carbocycles. The third-order valence-electron chi connectivity index (χ3n) is 2.36. The molecule has 0 heterocycles. The van der Waals surface area contributed by atoms with Gasteiger partial charge in [-0.15, -0.1) is 0 Å². The van der Waals surface area contributed by atoms with Gasteiger partial charge in [-0.2, -0.15) is 0 Å². The Balaban J connectivity index is 2.69. The lowest BCUT2D eigenvalue weighted by atomic mass is 10.2. The molecule has 1 unspecified atom stereocenters. The van der Waals surface area contributed by atoms with Crippen molar-refractivity contribution in [3.63, 3.8) is 0 Å². The third kappa shape index (κ3) is 4.02. The molecule has 0 saturated heterocycles. The number of ether oxygens (including phenoxy) is 1. The van der Waals surface area contributed by atoms with Crippen molar-refractivity contribution in [1.29, 1.82) is 0 Å². The van der Waals surface area contributed by atoms with Gasteiger partial charge in [0.15, 0.2) is 0 Å². The van der Waals surface area contributed by atoms with E-state index >= 15 is 0 Å². The smallest absolute Gasteiger partial charge is 0.322 e. The normalized spacial score (nSPS) is 12.3. The highest BCUT2D eigenvalue weighted by Gasteiger charge is 2.15. The number of carbonyl (C=O) groups excluding carboxylic acids is 1. The standard InChI is InChI=1S/C12H14Cl3NO2/c1-3-18-12(17)7(2)16-6-8-9(13)4-5-10(14)11(8)15/h4-5,7,16H,3,6H2,1-2H3. The maximum atomic E-state index is 11.4. The molecule has 6 heteroatoms. The summed E-state index contributed by atoms with van der Waals surface area (Å²) in [4.78, 5) is 11.4. The molecule has 0 radical (unpaired) electrons. The van der Waals surface area contributed by atoms with Crippen LogP contribution >= 0.6 is 34.8 Å². The van der Waals surface area contributed by atoms with Crippen molar-refractivity contribution in [2.45, 2.75) is 26.4 Å². The van der Waals surface area contributed by atoms with Gasteiger partial charge in [-0.25, -0.2) is 0 Å². The van der Waals surface area contributed by atoms with Gasteiger partial charge in [-0.05, 0) is 26.0 Å². The molecule has 0 aliphatic heterocycles. The second-order valence-electron chi connectivity index (χ2n) is 3.68. The Bertz CT molecular complexity index is 438. The number of carbonyl (C=O) groups is 1. The summed E-state index contributed by atoms with van der Waals surface area (Å²) >= 11 is 18.0. The minimum Gasteiger partial charge on any atom is -0.465 e. The molecule has 0 amide bonds. The molecule has 0 fully saturated rings. The lowest BCUT2D eigenvalue weighted by Crippen LogP contribution is -2.35. The summed E-state index contributed by atoms with van der Waals surface area (Å²) in [5.74, 6) is -0.313. The summed E-state index contributed by atoms with van der Waals surface area (Å²) in [6.07, 6.45) is 0. The second kappa shape index (κ2) is 7.19. The van der Waals surface area contributed by atoms with Crippen LogP contribution in [0.1, 0.15) is 19.4 Å². The van der Waals surface area contributed by atoms with Gasteiger partial charge in [0.25, 0.3) is 0 Å². The highest BCUT2D eigenvalue weighted by molar-refractivity contribution is 6.44. The minimum atomic E-state index is -0.434. The first-order chi connectivity index (χ1) is 8.47. The van der Waals surface area contributed by atoms with E-state index in [0.29, 0.717) is 33.8 Å². The molecule has 1 rings (SSSR count). The number of hydrogen-bond acceptors (Lipinski definition) is 3. The molecule has 0 spiro atoms. The van der Waals surface area contributed by atoms with Crippen molar-refractivity contribution in [2.75, 3.05) is 6.61 Å². The fraction of sp³-hybridized carbons (Fsp3) is 0.417. The molecule has 0 bridgehead atoms. The number of nitrogens with one attached hydrogen (secondary N) is 1. The van der Waals surface area contributed by atoms with E-state index in [4.69, 9.17) is 39.5 Å². The summed E-state index contributed by atoms with van der Waals surface area (Å²) in [5.41, 5.74) is 0.669. The number of halogens is 3. The Morgan fingerprint density at radius 1 is 1.33 bits per heavy atom. The van der Waals surface area contributed by atoms with Gasteiger partial charge in [-0.3, -0.25) is 4.79 Å². The van der Waals surface area contributed by atoms with Crippen LogP contribution in [0.25, 0.3) is 0 Å². The lowest BCUT2D eigenvalue weighted by Gasteiger charge is -2.14. The van der Waals surface area contributed by atoms with Gasteiger partial charge in [-0.1, -0.05) is 34.8 Å². The van der Waals surface area contributed by atoms with Gasteiger partial charge in [0.1, 0.15) is 6.04 Å². The Hall–Kier alpha value is -0.480. The van der Waals surface area contributed by atoms with Crippen LogP contribution in [0, 0.1) is 0 Å². The van der Waals surface area contributed by atoms with Crippen LogP contribution in [0.2, 0.25) is 15.1 Å². The quantitative estimate of drug-likeness (QED) is 0.666. The zero-order chi connectivity index (χ0) is 13.7. The van der Waals surface area contributed by atoms with Crippen LogP contribution in [0.4, 0.5) is 0 Å². The Morgan fingerprint density at radius 3 is 2.56 bits per heavy atom. The molecule has 0 aromatic heterocycles. The van der Waals surface area contributed by atoms with Gasteiger partial charge in [0.2, 0.25) is 0 Å². The molecule has 18 heavy (non-hydrogen) atoms. The van der Waals surface area contributed by atoms with Crippen molar-refractivity contribution in [3.05, 3.63) is 32.8 Å². The Kier molecular flexibility index (Phi) is 6.22. The maximum absolute atomic E-state index is 11.4. The largest absolute Gasteiger partial charge is 0.465 e. The third-order valence-corrected chi connectivity index (χ3v) is 3.56. The number of hydrogen-bond donors (Lipinski definition) is 1. The summed E-state index contributed by atoms with van der Waals surface area (Å²) < 4.78 is 4.88. The maximum Gasteiger partial charge on any atom is 0.322 e. The Labute approximate surface area is 121 Å².